The van der Waals surface area contributed by atoms with Crippen molar-refractivity contribution in [1.29, 1.82) is 0 Å². The van der Waals surface area contributed by atoms with Crippen molar-refractivity contribution in [2.24, 2.45) is 17.8 Å². The van der Waals surface area contributed by atoms with E-state index < -0.39 is 0 Å². The third kappa shape index (κ3) is 3.55. The lowest BCUT2D eigenvalue weighted by Crippen LogP contribution is -2.35. The van der Waals surface area contributed by atoms with Gasteiger partial charge in [0, 0.05) is 36.9 Å². The Morgan fingerprint density at radius 1 is 1.14 bits per heavy atom. The van der Waals surface area contributed by atoms with E-state index in [9.17, 15) is 9.59 Å². The number of piperidine rings is 1. The number of hydrogen-bond donors (Lipinski definition) is 2. The number of carbonyl (C=O) groups excluding carboxylic acids is 2. The molecule has 1 aromatic carbocycles. The molecule has 0 bridgehead atoms. The summed E-state index contributed by atoms with van der Waals surface area (Å²) < 4.78 is 5.54. The van der Waals surface area contributed by atoms with Crippen LogP contribution < -0.4 is 10.6 Å². The topological polar surface area (TPSA) is 87.5 Å². The SMILES string of the molecule is O=C(NCCC1[C@H]2CN(C(=O)Nc3ccccc3)C[C@@H]12)c1cc2ccncc2o1. The molecule has 1 saturated heterocycles. The number of pyridine rings is 1. The van der Waals surface area contributed by atoms with E-state index in [0.29, 0.717) is 35.6 Å². The molecule has 7 nitrogen and oxygen atoms in total. The van der Waals surface area contributed by atoms with Crippen molar-refractivity contribution in [1.82, 2.24) is 15.2 Å². The van der Waals surface area contributed by atoms with Gasteiger partial charge < -0.3 is 20.0 Å². The molecule has 1 unspecified atom stereocenters. The number of urea groups is 1. The number of furan rings is 1. The Bertz CT molecular complexity index is 1000. The summed E-state index contributed by atoms with van der Waals surface area (Å²) in [5.41, 5.74) is 1.43. The first-order chi connectivity index (χ1) is 14.2. The molecular weight excluding hydrogens is 368 g/mol. The zero-order chi connectivity index (χ0) is 19.8. The molecule has 0 radical (unpaired) electrons. The number of para-hydroxylation sites is 1. The van der Waals surface area contributed by atoms with Crippen LogP contribution >= 0.6 is 0 Å². The van der Waals surface area contributed by atoms with Gasteiger partial charge in [0.1, 0.15) is 0 Å². The van der Waals surface area contributed by atoms with Gasteiger partial charge in [-0.25, -0.2) is 4.79 Å². The van der Waals surface area contributed by atoms with Gasteiger partial charge in [-0.3, -0.25) is 9.78 Å². The van der Waals surface area contributed by atoms with Crippen molar-refractivity contribution in [2.45, 2.75) is 6.42 Å². The molecule has 3 amide bonds. The Morgan fingerprint density at radius 3 is 2.69 bits per heavy atom. The van der Waals surface area contributed by atoms with Crippen LogP contribution in [0.3, 0.4) is 0 Å². The zero-order valence-electron chi connectivity index (χ0n) is 15.9. The van der Waals surface area contributed by atoms with E-state index in [1.54, 1.807) is 18.5 Å². The van der Waals surface area contributed by atoms with Crippen LogP contribution in [-0.2, 0) is 0 Å². The maximum absolute atomic E-state index is 12.4. The monoisotopic (exact) mass is 390 g/mol. The van der Waals surface area contributed by atoms with E-state index in [1.165, 1.54) is 0 Å². The van der Waals surface area contributed by atoms with Gasteiger partial charge in [0.2, 0.25) is 0 Å². The molecule has 1 aliphatic carbocycles. The Morgan fingerprint density at radius 2 is 1.93 bits per heavy atom. The first-order valence-corrected chi connectivity index (χ1v) is 9.92. The number of amides is 3. The maximum Gasteiger partial charge on any atom is 0.321 e. The van der Waals surface area contributed by atoms with Gasteiger partial charge >= 0.3 is 6.03 Å². The normalized spacial score (nSPS) is 22.3. The number of carbonyl (C=O) groups is 2. The fraction of sp³-hybridized carbons (Fsp3) is 0.318. The lowest BCUT2D eigenvalue weighted by atomic mass is 10.2. The quantitative estimate of drug-likeness (QED) is 0.699. The van der Waals surface area contributed by atoms with Gasteiger partial charge in [0.15, 0.2) is 11.3 Å². The van der Waals surface area contributed by atoms with Crippen LogP contribution in [0.25, 0.3) is 11.0 Å². The molecule has 5 rings (SSSR count). The highest BCUT2D eigenvalue weighted by Crippen LogP contribution is 2.53. The third-order valence-corrected chi connectivity index (χ3v) is 5.99. The molecule has 2 N–H and O–H groups in total. The molecule has 3 heterocycles. The molecule has 1 aliphatic heterocycles. The van der Waals surface area contributed by atoms with Crippen LogP contribution in [-0.4, -0.2) is 41.5 Å². The number of benzene rings is 1. The van der Waals surface area contributed by atoms with Crippen LogP contribution in [0, 0.1) is 17.8 Å². The van der Waals surface area contributed by atoms with Crippen molar-refractivity contribution in [3.05, 3.63) is 60.6 Å². The smallest absolute Gasteiger partial charge is 0.321 e. The zero-order valence-corrected chi connectivity index (χ0v) is 15.9. The molecule has 0 spiro atoms. The van der Waals surface area contributed by atoms with Crippen LogP contribution in [0.15, 0.2) is 59.3 Å². The Balaban J connectivity index is 1.06. The molecule has 29 heavy (non-hydrogen) atoms. The van der Waals surface area contributed by atoms with Crippen molar-refractivity contribution in [2.75, 3.05) is 25.0 Å². The average Bonchev–Trinajstić information content (AvgIpc) is 3.11. The van der Waals surface area contributed by atoms with E-state index in [0.717, 1.165) is 30.6 Å². The lowest BCUT2D eigenvalue weighted by Gasteiger charge is -2.20. The molecule has 2 aliphatic rings. The number of fused-ring (bicyclic) bond motifs is 2. The minimum Gasteiger partial charge on any atom is -0.449 e. The van der Waals surface area contributed by atoms with Gasteiger partial charge in [-0.05, 0) is 48.4 Å². The molecule has 3 aromatic rings. The third-order valence-electron chi connectivity index (χ3n) is 5.99. The van der Waals surface area contributed by atoms with Crippen molar-refractivity contribution in [3.63, 3.8) is 0 Å². The van der Waals surface area contributed by atoms with E-state index in [-0.39, 0.29) is 11.9 Å². The van der Waals surface area contributed by atoms with Crippen LogP contribution in [0.4, 0.5) is 10.5 Å². The van der Waals surface area contributed by atoms with Crippen molar-refractivity contribution >= 4 is 28.6 Å². The number of aromatic nitrogens is 1. The second-order valence-electron chi connectivity index (χ2n) is 7.76. The summed E-state index contributed by atoms with van der Waals surface area (Å²) in [5, 5.41) is 6.75. The fourth-order valence-corrected chi connectivity index (χ4v) is 4.40. The first-order valence-electron chi connectivity index (χ1n) is 9.92. The van der Waals surface area contributed by atoms with E-state index in [1.807, 2.05) is 41.3 Å². The highest BCUT2D eigenvalue weighted by Gasteiger charge is 2.55. The average molecular weight is 390 g/mol. The van der Waals surface area contributed by atoms with Gasteiger partial charge in [-0.2, -0.15) is 0 Å². The second-order valence-corrected chi connectivity index (χ2v) is 7.76. The summed E-state index contributed by atoms with van der Waals surface area (Å²) in [4.78, 5) is 30.5. The summed E-state index contributed by atoms with van der Waals surface area (Å²) in [7, 11) is 0. The lowest BCUT2D eigenvalue weighted by molar-refractivity contribution is 0.0926. The number of nitrogens with zero attached hydrogens (tertiary/aromatic N) is 2. The van der Waals surface area contributed by atoms with Gasteiger partial charge in [0.25, 0.3) is 5.91 Å². The maximum atomic E-state index is 12.4. The Hall–Kier alpha value is -3.35. The Labute approximate surface area is 168 Å². The van der Waals surface area contributed by atoms with Gasteiger partial charge in [0.05, 0.1) is 6.20 Å². The molecule has 2 fully saturated rings. The fourth-order valence-electron chi connectivity index (χ4n) is 4.40. The summed E-state index contributed by atoms with van der Waals surface area (Å²) in [6.07, 6.45) is 4.21. The summed E-state index contributed by atoms with van der Waals surface area (Å²) >= 11 is 0. The van der Waals surface area contributed by atoms with Gasteiger partial charge in [-0.15, -0.1) is 0 Å². The van der Waals surface area contributed by atoms with E-state index in [2.05, 4.69) is 15.6 Å². The molecule has 148 valence electrons. The number of likely N-dealkylation sites (tertiary alicyclic amines) is 1. The predicted molar refractivity (Wildman–Crippen MR) is 108 cm³/mol. The van der Waals surface area contributed by atoms with E-state index in [4.69, 9.17) is 4.42 Å². The highest BCUT2D eigenvalue weighted by molar-refractivity contribution is 5.95. The number of anilines is 1. The second kappa shape index (κ2) is 7.24. The summed E-state index contributed by atoms with van der Waals surface area (Å²) in [6.45, 7) is 2.19. The summed E-state index contributed by atoms with van der Waals surface area (Å²) in [6, 6.07) is 13.0. The molecule has 1 saturated carbocycles. The minimum absolute atomic E-state index is 0.0326. The van der Waals surface area contributed by atoms with Crippen molar-refractivity contribution in [3.8, 4) is 0 Å². The minimum atomic E-state index is -0.198. The number of hydrogen-bond acceptors (Lipinski definition) is 4. The van der Waals surface area contributed by atoms with Crippen molar-refractivity contribution < 1.29 is 14.0 Å². The molecule has 7 heteroatoms. The number of nitrogens with one attached hydrogen (secondary N) is 2. The van der Waals surface area contributed by atoms with Gasteiger partial charge in [-0.1, -0.05) is 18.2 Å². The number of rotatable bonds is 5. The van der Waals surface area contributed by atoms with Crippen LogP contribution in [0.2, 0.25) is 0 Å². The predicted octanol–water partition coefficient (Wildman–Crippen LogP) is 3.36. The first kappa shape index (κ1) is 17.7. The molecule has 3 atom stereocenters. The highest BCUT2D eigenvalue weighted by atomic mass is 16.3. The van der Waals surface area contributed by atoms with E-state index >= 15 is 0 Å². The summed E-state index contributed by atoms with van der Waals surface area (Å²) in [5.74, 6) is 1.79. The molecule has 2 aromatic heterocycles. The Kier molecular flexibility index (Phi) is 4.42. The van der Waals surface area contributed by atoms with Crippen LogP contribution in [0.1, 0.15) is 17.0 Å². The van der Waals surface area contributed by atoms with Crippen LogP contribution in [0.5, 0.6) is 0 Å². The molecular formula is C22H22N4O3. The largest absolute Gasteiger partial charge is 0.449 e. The standard InChI is InChI=1S/C22H22N4O3/c27-21(19-10-14-6-8-23-11-20(14)29-19)24-9-7-16-17-12-26(13-18(16)17)22(28)25-15-4-2-1-3-5-15/h1-6,8,10-11,16-18H,7,9,12-13H2,(H,24,27)(H,25,28)/t16?,17-,18+.